The molecule has 19 heavy (non-hydrogen) atoms. The molecule has 1 aromatic rings. The van der Waals surface area contributed by atoms with E-state index in [9.17, 15) is 4.79 Å². The van der Waals surface area contributed by atoms with Crippen molar-refractivity contribution in [1.29, 1.82) is 0 Å². The van der Waals surface area contributed by atoms with Gasteiger partial charge < -0.3 is 9.80 Å². The van der Waals surface area contributed by atoms with Crippen molar-refractivity contribution in [3.05, 3.63) is 23.8 Å². The van der Waals surface area contributed by atoms with Gasteiger partial charge in [-0.05, 0) is 43.4 Å². The summed E-state index contributed by atoms with van der Waals surface area (Å²) in [6.07, 6.45) is 5.06. The first kappa shape index (κ1) is 11.3. The first-order valence-electron chi connectivity index (χ1n) is 7.37. The number of amides is 1. The van der Waals surface area contributed by atoms with Crippen molar-refractivity contribution in [3.8, 4) is 0 Å². The van der Waals surface area contributed by atoms with Crippen LogP contribution >= 0.6 is 0 Å². The molecule has 3 aliphatic rings. The molecular formula is C16H20N2O. The summed E-state index contributed by atoms with van der Waals surface area (Å²) in [6.45, 7) is 4.91. The summed E-state index contributed by atoms with van der Waals surface area (Å²) in [5.74, 6) is 0.184. The van der Waals surface area contributed by atoms with E-state index in [1.165, 1.54) is 42.6 Å². The Bertz CT molecular complexity index is 542. The number of hydrogen-bond donors (Lipinski definition) is 0. The van der Waals surface area contributed by atoms with Gasteiger partial charge in [0, 0.05) is 43.3 Å². The molecule has 4 rings (SSSR count). The van der Waals surface area contributed by atoms with Gasteiger partial charge in [-0.2, -0.15) is 0 Å². The van der Waals surface area contributed by atoms with E-state index in [-0.39, 0.29) is 5.91 Å². The SMILES string of the molecule is CC(=O)N1CC2(CC2)c2ccc(N3CCCC3)cc21. The van der Waals surface area contributed by atoms with Gasteiger partial charge in [0.2, 0.25) is 5.91 Å². The maximum atomic E-state index is 11.9. The Hall–Kier alpha value is -1.51. The number of hydrogen-bond acceptors (Lipinski definition) is 2. The van der Waals surface area contributed by atoms with E-state index in [4.69, 9.17) is 0 Å². The van der Waals surface area contributed by atoms with Crippen LogP contribution in [0, 0.1) is 0 Å². The highest BCUT2D eigenvalue weighted by molar-refractivity contribution is 5.96. The quantitative estimate of drug-likeness (QED) is 0.771. The minimum Gasteiger partial charge on any atom is -0.371 e. The zero-order valence-corrected chi connectivity index (χ0v) is 11.5. The largest absolute Gasteiger partial charge is 0.371 e. The third kappa shape index (κ3) is 1.60. The van der Waals surface area contributed by atoms with Gasteiger partial charge in [0.05, 0.1) is 0 Å². The lowest BCUT2D eigenvalue weighted by molar-refractivity contribution is -0.116. The Kier molecular flexibility index (Phi) is 2.23. The first-order chi connectivity index (χ1) is 9.20. The summed E-state index contributed by atoms with van der Waals surface area (Å²) in [4.78, 5) is 16.3. The lowest BCUT2D eigenvalue weighted by atomic mass is 9.98. The molecule has 3 heteroatoms. The molecule has 1 saturated carbocycles. The van der Waals surface area contributed by atoms with Crippen LogP contribution in [0.5, 0.6) is 0 Å². The molecule has 1 aliphatic carbocycles. The van der Waals surface area contributed by atoms with Crippen LogP contribution in [-0.4, -0.2) is 25.5 Å². The fourth-order valence-electron chi connectivity index (χ4n) is 3.70. The molecule has 1 spiro atoms. The molecule has 0 radical (unpaired) electrons. The second-order valence-corrected chi connectivity index (χ2v) is 6.28. The highest BCUT2D eigenvalue weighted by atomic mass is 16.2. The number of nitrogens with zero attached hydrogens (tertiary/aromatic N) is 2. The highest BCUT2D eigenvalue weighted by Crippen LogP contribution is 2.57. The van der Waals surface area contributed by atoms with Crippen LogP contribution in [0.1, 0.15) is 38.2 Å². The van der Waals surface area contributed by atoms with Gasteiger partial charge in [0.15, 0.2) is 0 Å². The average molecular weight is 256 g/mol. The van der Waals surface area contributed by atoms with Gasteiger partial charge in [0.1, 0.15) is 0 Å². The molecule has 0 aromatic heterocycles. The third-order valence-corrected chi connectivity index (χ3v) is 5.01. The molecule has 2 aliphatic heterocycles. The molecule has 0 unspecified atom stereocenters. The summed E-state index contributed by atoms with van der Waals surface area (Å²) in [5, 5.41) is 0. The normalized spacial score (nSPS) is 23.0. The zero-order chi connectivity index (χ0) is 13.0. The van der Waals surface area contributed by atoms with Gasteiger partial charge in [-0.25, -0.2) is 0 Å². The fourth-order valence-corrected chi connectivity index (χ4v) is 3.70. The summed E-state index contributed by atoms with van der Waals surface area (Å²) in [7, 11) is 0. The number of fused-ring (bicyclic) bond motifs is 2. The van der Waals surface area contributed by atoms with Crippen molar-refractivity contribution < 1.29 is 4.79 Å². The standard InChI is InChI=1S/C16H20N2O/c1-12(19)18-11-16(6-7-16)14-5-4-13(10-15(14)18)17-8-2-3-9-17/h4-5,10H,2-3,6-9,11H2,1H3. The van der Waals surface area contributed by atoms with Gasteiger partial charge in [-0.1, -0.05) is 6.07 Å². The van der Waals surface area contributed by atoms with E-state index in [0.29, 0.717) is 5.41 Å². The Morgan fingerprint density at radius 1 is 1.21 bits per heavy atom. The molecule has 1 amide bonds. The Morgan fingerprint density at radius 2 is 1.95 bits per heavy atom. The highest BCUT2D eigenvalue weighted by Gasteiger charge is 2.52. The number of anilines is 2. The summed E-state index contributed by atoms with van der Waals surface area (Å²) in [5.41, 5.74) is 4.19. The van der Waals surface area contributed by atoms with Crippen molar-refractivity contribution in [2.45, 2.75) is 38.0 Å². The minimum atomic E-state index is 0.184. The second kappa shape index (κ2) is 3.75. The maximum absolute atomic E-state index is 11.9. The minimum absolute atomic E-state index is 0.184. The van der Waals surface area contributed by atoms with Crippen LogP contribution in [-0.2, 0) is 10.2 Å². The molecule has 2 heterocycles. The van der Waals surface area contributed by atoms with Crippen LogP contribution in [0.25, 0.3) is 0 Å². The predicted molar refractivity (Wildman–Crippen MR) is 76.8 cm³/mol. The van der Waals surface area contributed by atoms with Crippen molar-refractivity contribution >= 4 is 17.3 Å². The maximum Gasteiger partial charge on any atom is 0.223 e. The molecular weight excluding hydrogens is 236 g/mol. The van der Waals surface area contributed by atoms with Crippen LogP contribution in [0.4, 0.5) is 11.4 Å². The van der Waals surface area contributed by atoms with E-state index in [1.807, 2.05) is 4.90 Å². The third-order valence-electron chi connectivity index (χ3n) is 5.01. The molecule has 2 fully saturated rings. The summed E-state index contributed by atoms with van der Waals surface area (Å²) >= 11 is 0. The second-order valence-electron chi connectivity index (χ2n) is 6.28. The number of rotatable bonds is 1. The van der Waals surface area contributed by atoms with Crippen molar-refractivity contribution in [1.82, 2.24) is 0 Å². The van der Waals surface area contributed by atoms with Crippen molar-refractivity contribution in [2.24, 2.45) is 0 Å². The lowest BCUT2D eigenvalue weighted by Gasteiger charge is -2.21. The Balaban J connectivity index is 1.76. The van der Waals surface area contributed by atoms with E-state index < -0.39 is 0 Å². The Morgan fingerprint density at radius 3 is 2.58 bits per heavy atom. The lowest BCUT2D eigenvalue weighted by Crippen LogP contribution is -2.29. The zero-order valence-electron chi connectivity index (χ0n) is 11.5. The van der Waals surface area contributed by atoms with E-state index in [2.05, 4.69) is 23.1 Å². The number of carbonyl (C=O) groups is 1. The average Bonchev–Trinajstić information content (AvgIpc) is 2.87. The van der Waals surface area contributed by atoms with Gasteiger partial charge in [-0.3, -0.25) is 4.79 Å². The number of carbonyl (C=O) groups excluding carboxylic acids is 1. The van der Waals surface area contributed by atoms with E-state index in [1.54, 1.807) is 6.92 Å². The Labute approximate surface area is 114 Å². The smallest absolute Gasteiger partial charge is 0.223 e. The van der Waals surface area contributed by atoms with Crippen LogP contribution in [0.15, 0.2) is 18.2 Å². The van der Waals surface area contributed by atoms with E-state index >= 15 is 0 Å². The molecule has 100 valence electrons. The molecule has 0 N–H and O–H groups in total. The topological polar surface area (TPSA) is 23.6 Å². The van der Waals surface area contributed by atoms with Crippen LogP contribution < -0.4 is 9.80 Å². The van der Waals surface area contributed by atoms with Crippen LogP contribution in [0.3, 0.4) is 0 Å². The molecule has 1 saturated heterocycles. The molecule has 0 bridgehead atoms. The molecule has 1 aromatic carbocycles. The van der Waals surface area contributed by atoms with Gasteiger partial charge >= 0.3 is 0 Å². The predicted octanol–water partition coefficient (Wildman–Crippen LogP) is 2.68. The fraction of sp³-hybridized carbons (Fsp3) is 0.562. The van der Waals surface area contributed by atoms with Crippen molar-refractivity contribution in [2.75, 3.05) is 29.4 Å². The molecule has 3 nitrogen and oxygen atoms in total. The number of benzene rings is 1. The molecule has 0 atom stereocenters. The van der Waals surface area contributed by atoms with E-state index in [0.717, 1.165) is 19.6 Å². The first-order valence-corrected chi connectivity index (χ1v) is 7.37. The summed E-state index contributed by atoms with van der Waals surface area (Å²) < 4.78 is 0. The van der Waals surface area contributed by atoms with Gasteiger partial charge in [0.25, 0.3) is 0 Å². The monoisotopic (exact) mass is 256 g/mol. The van der Waals surface area contributed by atoms with Crippen molar-refractivity contribution in [3.63, 3.8) is 0 Å². The van der Waals surface area contributed by atoms with Crippen LogP contribution in [0.2, 0.25) is 0 Å². The summed E-state index contributed by atoms with van der Waals surface area (Å²) in [6, 6.07) is 6.78. The van der Waals surface area contributed by atoms with Gasteiger partial charge in [-0.15, -0.1) is 0 Å².